The quantitative estimate of drug-likeness (QED) is 0.772. The number of hydrogen-bond donors (Lipinski definition) is 2. The van der Waals surface area contributed by atoms with Crippen LogP contribution in [-0.4, -0.2) is 18.2 Å². The number of aryl methyl sites for hydroxylation is 1. The first-order chi connectivity index (χ1) is 7.56. The van der Waals surface area contributed by atoms with Gasteiger partial charge in [-0.05, 0) is 49.4 Å². The molecular weight excluding hydrogens is 218 g/mol. The number of amides is 1. The molecule has 0 fully saturated rings. The Hall–Kier alpha value is -0.960. The largest absolute Gasteiger partial charge is 0.355 e. The summed E-state index contributed by atoms with van der Waals surface area (Å²) in [5.74, 6) is 0.246. The topological polar surface area (TPSA) is 29.1 Å². The van der Waals surface area contributed by atoms with Crippen LogP contribution in [-0.2, 0) is 11.2 Å². The Morgan fingerprint density at radius 1 is 1.25 bits per heavy atom. The van der Waals surface area contributed by atoms with Gasteiger partial charge in [0.15, 0.2) is 0 Å². The van der Waals surface area contributed by atoms with Gasteiger partial charge in [0.2, 0.25) is 5.91 Å². The van der Waals surface area contributed by atoms with E-state index in [2.05, 4.69) is 50.8 Å². The number of thiol groups is 1. The van der Waals surface area contributed by atoms with Crippen LogP contribution in [0.15, 0.2) is 12.1 Å². The summed E-state index contributed by atoms with van der Waals surface area (Å²) in [6.45, 7) is 7.08. The molecule has 1 aromatic rings. The van der Waals surface area contributed by atoms with Gasteiger partial charge in [0, 0.05) is 6.54 Å². The van der Waals surface area contributed by atoms with Gasteiger partial charge in [0.05, 0.1) is 5.75 Å². The van der Waals surface area contributed by atoms with Crippen LogP contribution in [0.2, 0.25) is 0 Å². The summed E-state index contributed by atoms with van der Waals surface area (Å²) in [6, 6.07) is 4.28. The molecule has 16 heavy (non-hydrogen) atoms. The van der Waals surface area contributed by atoms with Crippen molar-refractivity contribution in [3.05, 3.63) is 34.4 Å². The molecule has 0 aliphatic heterocycles. The summed E-state index contributed by atoms with van der Waals surface area (Å²) in [7, 11) is 0. The second kappa shape index (κ2) is 5.94. The van der Waals surface area contributed by atoms with Gasteiger partial charge in [-0.15, -0.1) is 0 Å². The van der Waals surface area contributed by atoms with Crippen molar-refractivity contribution >= 4 is 18.5 Å². The summed E-state index contributed by atoms with van der Waals surface area (Å²) in [4.78, 5) is 11.0. The molecule has 0 atom stereocenters. The molecule has 0 bridgehead atoms. The van der Waals surface area contributed by atoms with Crippen LogP contribution in [0.3, 0.4) is 0 Å². The van der Waals surface area contributed by atoms with E-state index in [0.717, 1.165) is 6.42 Å². The third kappa shape index (κ3) is 3.27. The van der Waals surface area contributed by atoms with Crippen molar-refractivity contribution in [1.29, 1.82) is 0 Å². The SMILES string of the molecule is Cc1ccc(CCNC(=O)CS)c(C)c1C. The van der Waals surface area contributed by atoms with Crippen LogP contribution >= 0.6 is 12.6 Å². The average Bonchev–Trinajstić information content (AvgIpc) is 2.29. The van der Waals surface area contributed by atoms with E-state index < -0.39 is 0 Å². The van der Waals surface area contributed by atoms with E-state index in [9.17, 15) is 4.79 Å². The van der Waals surface area contributed by atoms with Crippen LogP contribution in [0.4, 0.5) is 0 Å². The molecule has 0 saturated heterocycles. The second-order valence-electron chi connectivity index (χ2n) is 4.05. The fourth-order valence-corrected chi connectivity index (χ4v) is 1.79. The Kier molecular flexibility index (Phi) is 4.87. The number of benzene rings is 1. The lowest BCUT2D eigenvalue weighted by molar-refractivity contribution is -0.118. The minimum absolute atomic E-state index is 0.00943. The monoisotopic (exact) mass is 237 g/mol. The minimum atomic E-state index is -0.00943. The fraction of sp³-hybridized carbons (Fsp3) is 0.462. The second-order valence-corrected chi connectivity index (χ2v) is 4.37. The highest BCUT2D eigenvalue weighted by atomic mass is 32.1. The van der Waals surface area contributed by atoms with Crippen molar-refractivity contribution in [1.82, 2.24) is 5.32 Å². The number of carbonyl (C=O) groups is 1. The fourth-order valence-electron chi connectivity index (χ4n) is 1.68. The maximum Gasteiger partial charge on any atom is 0.229 e. The predicted octanol–water partition coefficient (Wildman–Crippen LogP) is 2.20. The molecule has 0 saturated carbocycles. The Morgan fingerprint density at radius 3 is 2.56 bits per heavy atom. The molecular formula is C13H19NOS. The van der Waals surface area contributed by atoms with E-state index in [-0.39, 0.29) is 11.7 Å². The van der Waals surface area contributed by atoms with Crippen LogP contribution < -0.4 is 5.32 Å². The summed E-state index contributed by atoms with van der Waals surface area (Å²) in [5, 5.41) is 2.83. The third-order valence-corrected chi connectivity index (χ3v) is 3.32. The first-order valence-corrected chi connectivity index (χ1v) is 6.12. The Labute approximate surface area is 103 Å². The molecule has 1 amide bonds. The smallest absolute Gasteiger partial charge is 0.229 e. The average molecular weight is 237 g/mol. The lowest BCUT2D eigenvalue weighted by atomic mass is 9.97. The van der Waals surface area contributed by atoms with Crippen molar-refractivity contribution in [3.8, 4) is 0 Å². The van der Waals surface area contributed by atoms with Crippen LogP contribution in [0.1, 0.15) is 22.3 Å². The zero-order valence-electron chi connectivity index (χ0n) is 10.1. The molecule has 0 aromatic heterocycles. The highest BCUT2D eigenvalue weighted by Gasteiger charge is 2.04. The van der Waals surface area contributed by atoms with Gasteiger partial charge in [-0.25, -0.2) is 0 Å². The lowest BCUT2D eigenvalue weighted by Gasteiger charge is -2.11. The highest BCUT2D eigenvalue weighted by molar-refractivity contribution is 7.81. The normalized spacial score (nSPS) is 10.2. The summed E-state index contributed by atoms with van der Waals surface area (Å²) in [6.07, 6.45) is 0.881. The Morgan fingerprint density at radius 2 is 1.94 bits per heavy atom. The molecule has 88 valence electrons. The van der Waals surface area contributed by atoms with Gasteiger partial charge < -0.3 is 5.32 Å². The maximum absolute atomic E-state index is 11.0. The van der Waals surface area contributed by atoms with Crippen LogP contribution in [0.5, 0.6) is 0 Å². The maximum atomic E-state index is 11.0. The van der Waals surface area contributed by atoms with Gasteiger partial charge in [0.25, 0.3) is 0 Å². The molecule has 0 aliphatic rings. The highest BCUT2D eigenvalue weighted by Crippen LogP contribution is 2.17. The molecule has 0 radical (unpaired) electrons. The van der Waals surface area contributed by atoms with Crippen LogP contribution in [0, 0.1) is 20.8 Å². The molecule has 0 aliphatic carbocycles. The summed E-state index contributed by atoms with van der Waals surface area (Å²) >= 11 is 3.91. The van der Waals surface area contributed by atoms with Gasteiger partial charge in [-0.3, -0.25) is 4.79 Å². The van der Waals surface area contributed by atoms with Crippen LogP contribution in [0.25, 0.3) is 0 Å². The molecule has 1 rings (SSSR count). The van der Waals surface area contributed by atoms with Crippen molar-refractivity contribution in [2.45, 2.75) is 27.2 Å². The van der Waals surface area contributed by atoms with Gasteiger partial charge in [-0.1, -0.05) is 12.1 Å². The van der Waals surface area contributed by atoms with Gasteiger partial charge in [0.1, 0.15) is 0 Å². The van der Waals surface area contributed by atoms with Gasteiger partial charge in [-0.2, -0.15) is 12.6 Å². The first-order valence-electron chi connectivity index (χ1n) is 5.49. The zero-order valence-corrected chi connectivity index (χ0v) is 11.0. The number of carbonyl (C=O) groups excluding carboxylic acids is 1. The predicted molar refractivity (Wildman–Crippen MR) is 71.2 cm³/mol. The summed E-state index contributed by atoms with van der Waals surface area (Å²) in [5.41, 5.74) is 5.31. The van der Waals surface area contributed by atoms with Crippen molar-refractivity contribution in [2.75, 3.05) is 12.3 Å². The van der Waals surface area contributed by atoms with Gasteiger partial charge >= 0.3 is 0 Å². The third-order valence-electron chi connectivity index (χ3n) is 3.03. The van der Waals surface area contributed by atoms with E-state index in [1.54, 1.807) is 0 Å². The number of rotatable bonds is 4. The molecule has 2 nitrogen and oxygen atoms in total. The Balaban J connectivity index is 2.61. The molecule has 1 aromatic carbocycles. The van der Waals surface area contributed by atoms with E-state index in [1.807, 2.05) is 0 Å². The van der Waals surface area contributed by atoms with Crippen molar-refractivity contribution in [2.24, 2.45) is 0 Å². The van der Waals surface area contributed by atoms with E-state index in [1.165, 1.54) is 22.3 Å². The molecule has 0 unspecified atom stereocenters. The minimum Gasteiger partial charge on any atom is -0.355 e. The number of hydrogen-bond acceptors (Lipinski definition) is 2. The Bertz CT molecular complexity index is 388. The standard InChI is InChI=1S/C13H19NOS/c1-9-4-5-12(11(3)10(9)2)6-7-14-13(15)8-16/h4-5,16H,6-8H2,1-3H3,(H,14,15). The van der Waals surface area contributed by atoms with E-state index >= 15 is 0 Å². The zero-order chi connectivity index (χ0) is 12.1. The number of nitrogens with one attached hydrogen (secondary N) is 1. The van der Waals surface area contributed by atoms with Crippen molar-refractivity contribution < 1.29 is 4.79 Å². The first kappa shape index (κ1) is 13.1. The summed E-state index contributed by atoms with van der Waals surface area (Å²) < 4.78 is 0. The van der Waals surface area contributed by atoms with Crippen molar-refractivity contribution in [3.63, 3.8) is 0 Å². The van der Waals surface area contributed by atoms with E-state index in [4.69, 9.17) is 0 Å². The van der Waals surface area contributed by atoms with E-state index in [0.29, 0.717) is 6.54 Å². The lowest BCUT2D eigenvalue weighted by Crippen LogP contribution is -2.26. The molecule has 3 heteroatoms. The molecule has 0 heterocycles. The molecule has 1 N–H and O–H groups in total. The molecule has 0 spiro atoms.